The number of nitrogens with zero attached hydrogens (tertiary/aromatic N) is 2. The number of aliphatic hydroxyl groups is 1. The van der Waals surface area contributed by atoms with Gasteiger partial charge in [-0.15, -0.1) is 0 Å². The Kier molecular flexibility index (Phi) is 2.74. The second-order valence-electron chi connectivity index (χ2n) is 6.05. The third-order valence-corrected chi connectivity index (χ3v) is 4.56. The SMILES string of the molecule is Cn1ccnc1CC1(O)CCCC(C2CC2)C1. The maximum atomic E-state index is 10.8. The molecule has 0 aliphatic heterocycles. The van der Waals surface area contributed by atoms with E-state index in [1.165, 1.54) is 25.7 Å². The standard InChI is InChI=1S/C14H22N2O/c1-16-8-7-15-13(16)10-14(17)6-2-3-12(9-14)11-4-5-11/h7-8,11-12,17H,2-6,9-10H2,1H3. The highest BCUT2D eigenvalue weighted by Gasteiger charge is 2.41. The molecule has 2 unspecified atom stereocenters. The fourth-order valence-electron chi connectivity index (χ4n) is 3.38. The molecule has 2 saturated carbocycles. The molecule has 0 radical (unpaired) electrons. The maximum Gasteiger partial charge on any atom is 0.111 e. The lowest BCUT2D eigenvalue weighted by molar-refractivity contribution is -0.0215. The van der Waals surface area contributed by atoms with E-state index in [0.29, 0.717) is 0 Å². The van der Waals surface area contributed by atoms with Gasteiger partial charge in [0.1, 0.15) is 5.82 Å². The fraction of sp³-hybridized carbons (Fsp3) is 0.786. The highest BCUT2D eigenvalue weighted by atomic mass is 16.3. The van der Waals surface area contributed by atoms with Gasteiger partial charge >= 0.3 is 0 Å². The van der Waals surface area contributed by atoms with E-state index in [4.69, 9.17) is 0 Å². The number of hydrogen-bond acceptors (Lipinski definition) is 2. The van der Waals surface area contributed by atoms with Crippen LogP contribution in [0.15, 0.2) is 12.4 Å². The summed E-state index contributed by atoms with van der Waals surface area (Å²) in [7, 11) is 2.01. The van der Waals surface area contributed by atoms with Gasteiger partial charge in [-0.25, -0.2) is 4.98 Å². The number of imidazole rings is 1. The van der Waals surface area contributed by atoms with Crippen molar-refractivity contribution in [2.24, 2.45) is 18.9 Å². The van der Waals surface area contributed by atoms with Crippen molar-refractivity contribution in [2.45, 2.75) is 50.5 Å². The van der Waals surface area contributed by atoms with Crippen molar-refractivity contribution in [3.63, 3.8) is 0 Å². The average molecular weight is 234 g/mol. The Morgan fingerprint density at radius 3 is 2.88 bits per heavy atom. The minimum absolute atomic E-state index is 0.495. The van der Waals surface area contributed by atoms with Crippen LogP contribution in [-0.2, 0) is 13.5 Å². The summed E-state index contributed by atoms with van der Waals surface area (Å²) in [4.78, 5) is 4.34. The first-order chi connectivity index (χ1) is 8.16. The van der Waals surface area contributed by atoms with Crippen molar-refractivity contribution >= 4 is 0 Å². The normalized spacial score (nSPS) is 33.9. The molecule has 1 N–H and O–H groups in total. The molecule has 0 amide bonds. The predicted octanol–water partition coefficient (Wildman–Crippen LogP) is 2.29. The lowest BCUT2D eigenvalue weighted by Gasteiger charge is -2.37. The first-order valence-corrected chi connectivity index (χ1v) is 6.85. The molecular weight excluding hydrogens is 212 g/mol. The summed E-state index contributed by atoms with van der Waals surface area (Å²) in [6, 6.07) is 0. The van der Waals surface area contributed by atoms with Crippen molar-refractivity contribution in [1.82, 2.24) is 9.55 Å². The predicted molar refractivity (Wildman–Crippen MR) is 66.5 cm³/mol. The van der Waals surface area contributed by atoms with Gasteiger partial charge in [-0.3, -0.25) is 0 Å². The lowest BCUT2D eigenvalue weighted by atomic mass is 9.74. The van der Waals surface area contributed by atoms with Crippen molar-refractivity contribution in [3.8, 4) is 0 Å². The summed E-state index contributed by atoms with van der Waals surface area (Å²) in [5, 5.41) is 10.8. The Morgan fingerprint density at radius 1 is 1.41 bits per heavy atom. The van der Waals surface area contributed by atoms with Crippen LogP contribution in [-0.4, -0.2) is 20.3 Å². The van der Waals surface area contributed by atoms with Gasteiger partial charge in [0.15, 0.2) is 0 Å². The second kappa shape index (κ2) is 4.13. The van der Waals surface area contributed by atoms with Gasteiger partial charge in [-0.2, -0.15) is 0 Å². The second-order valence-corrected chi connectivity index (χ2v) is 6.05. The molecule has 0 aromatic carbocycles. The molecule has 2 aliphatic carbocycles. The van der Waals surface area contributed by atoms with Gasteiger partial charge in [-0.05, 0) is 43.9 Å². The molecule has 0 spiro atoms. The van der Waals surface area contributed by atoms with E-state index >= 15 is 0 Å². The molecule has 0 bridgehead atoms. The number of aromatic nitrogens is 2. The smallest absolute Gasteiger partial charge is 0.111 e. The van der Waals surface area contributed by atoms with Gasteiger partial charge in [0, 0.05) is 25.9 Å². The van der Waals surface area contributed by atoms with Crippen molar-refractivity contribution in [1.29, 1.82) is 0 Å². The van der Waals surface area contributed by atoms with E-state index in [0.717, 1.165) is 36.9 Å². The van der Waals surface area contributed by atoms with Crippen LogP contribution in [0.5, 0.6) is 0 Å². The molecule has 2 fully saturated rings. The first-order valence-electron chi connectivity index (χ1n) is 6.85. The summed E-state index contributed by atoms with van der Waals surface area (Å²) in [5.74, 6) is 2.71. The maximum absolute atomic E-state index is 10.8. The zero-order valence-electron chi connectivity index (χ0n) is 10.6. The molecule has 1 aromatic heterocycles. The summed E-state index contributed by atoms with van der Waals surface area (Å²) in [6.45, 7) is 0. The largest absolute Gasteiger partial charge is 0.389 e. The molecule has 2 atom stereocenters. The minimum Gasteiger partial charge on any atom is -0.389 e. The highest BCUT2D eigenvalue weighted by Crippen LogP contribution is 2.47. The van der Waals surface area contributed by atoms with Crippen LogP contribution in [0.25, 0.3) is 0 Å². The van der Waals surface area contributed by atoms with E-state index in [1.54, 1.807) is 0 Å². The highest BCUT2D eigenvalue weighted by molar-refractivity contribution is 5.01. The summed E-state index contributed by atoms with van der Waals surface area (Å²) < 4.78 is 2.03. The van der Waals surface area contributed by atoms with Crippen LogP contribution in [0.4, 0.5) is 0 Å². The quantitative estimate of drug-likeness (QED) is 0.871. The lowest BCUT2D eigenvalue weighted by Crippen LogP contribution is -2.38. The zero-order chi connectivity index (χ0) is 11.9. The molecule has 2 aliphatic rings. The Balaban J connectivity index is 1.69. The molecule has 94 valence electrons. The summed E-state index contributed by atoms with van der Waals surface area (Å²) in [6.07, 6.45) is 11.7. The molecule has 1 heterocycles. The van der Waals surface area contributed by atoms with Gasteiger partial charge in [0.25, 0.3) is 0 Å². The van der Waals surface area contributed by atoms with E-state index in [9.17, 15) is 5.11 Å². The zero-order valence-corrected chi connectivity index (χ0v) is 10.6. The average Bonchev–Trinajstić information content (AvgIpc) is 3.06. The fourth-order valence-corrected chi connectivity index (χ4v) is 3.38. The molecule has 3 rings (SSSR count). The van der Waals surface area contributed by atoms with Crippen LogP contribution in [0.1, 0.15) is 44.3 Å². The first kappa shape index (κ1) is 11.3. The van der Waals surface area contributed by atoms with E-state index in [2.05, 4.69) is 4.98 Å². The van der Waals surface area contributed by atoms with Crippen molar-refractivity contribution < 1.29 is 5.11 Å². The molecule has 1 aromatic rings. The summed E-state index contributed by atoms with van der Waals surface area (Å²) in [5.41, 5.74) is -0.495. The topological polar surface area (TPSA) is 38.0 Å². The van der Waals surface area contributed by atoms with Crippen LogP contribution < -0.4 is 0 Å². The van der Waals surface area contributed by atoms with Gasteiger partial charge in [0.2, 0.25) is 0 Å². The van der Waals surface area contributed by atoms with Gasteiger partial charge in [0.05, 0.1) is 5.60 Å². The Labute approximate surface area is 103 Å². The van der Waals surface area contributed by atoms with E-state index < -0.39 is 5.60 Å². The van der Waals surface area contributed by atoms with Crippen LogP contribution >= 0.6 is 0 Å². The van der Waals surface area contributed by atoms with Gasteiger partial charge < -0.3 is 9.67 Å². The van der Waals surface area contributed by atoms with Crippen molar-refractivity contribution in [3.05, 3.63) is 18.2 Å². The Hall–Kier alpha value is -0.830. The molecule has 0 saturated heterocycles. The third-order valence-electron chi connectivity index (χ3n) is 4.56. The third kappa shape index (κ3) is 2.39. The van der Waals surface area contributed by atoms with Crippen LogP contribution in [0, 0.1) is 11.8 Å². The number of rotatable bonds is 3. The van der Waals surface area contributed by atoms with E-state index in [-0.39, 0.29) is 0 Å². The molecule has 3 heteroatoms. The van der Waals surface area contributed by atoms with E-state index in [1.807, 2.05) is 24.0 Å². The van der Waals surface area contributed by atoms with Crippen LogP contribution in [0.3, 0.4) is 0 Å². The monoisotopic (exact) mass is 234 g/mol. The van der Waals surface area contributed by atoms with Crippen LogP contribution in [0.2, 0.25) is 0 Å². The Morgan fingerprint density at radius 2 is 2.24 bits per heavy atom. The molecular formula is C14H22N2O. The minimum atomic E-state index is -0.495. The molecule has 3 nitrogen and oxygen atoms in total. The number of aryl methyl sites for hydroxylation is 1. The van der Waals surface area contributed by atoms with Crippen molar-refractivity contribution in [2.75, 3.05) is 0 Å². The molecule has 17 heavy (non-hydrogen) atoms. The Bertz CT molecular complexity index is 397. The number of hydrogen-bond donors (Lipinski definition) is 1. The van der Waals surface area contributed by atoms with Gasteiger partial charge in [-0.1, -0.05) is 6.42 Å². The summed E-state index contributed by atoms with van der Waals surface area (Å²) >= 11 is 0.